The average molecular weight is 484 g/mol. The Morgan fingerprint density at radius 2 is 1.89 bits per heavy atom. The van der Waals surface area contributed by atoms with Gasteiger partial charge in [-0.05, 0) is 53.9 Å². The van der Waals surface area contributed by atoms with Crippen molar-refractivity contribution in [2.75, 3.05) is 26.7 Å². The molecule has 5 rings (SSSR count). The molecule has 1 amide bonds. The lowest BCUT2D eigenvalue weighted by atomic mass is 9.99. The molecule has 4 aromatic rings. The number of carbonyl (C=O) groups is 1. The van der Waals surface area contributed by atoms with Crippen LogP contribution in [0.3, 0.4) is 0 Å². The first-order chi connectivity index (χ1) is 17.6. The highest BCUT2D eigenvalue weighted by atomic mass is 16.5. The van der Waals surface area contributed by atoms with Gasteiger partial charge in [-0.25, -0.2) is 9.67 Å². The maximum Gasteiger partial charge on any atom is 0.244 e. The number of fused-ring (bicyclic) bond motifs is 1. The smallest absolute Gasteiger partial charge is 0.244 e. The van der Waals surface area contributed by atoms with Crippen LogP contribution in [0.15, 0.2) is 79.4 Å². The number of piperidine rings is 1. The molecular formula is C29H33N5O2. The number of aromatic nitrogens is 3. The van der Waals surface area contributed by atoms with E-state index in [-0.39, 0.29) is 12.5 Å². The topological polar surface area (TPSA) is 63.5 Å². The van der Waals surface area contributed by atoms with Crippen molar-refractivity contribution in [2.45, 2.75) is 32.5 Å². The number of carbonyl (C=O) groups excluding carboxylic acids is 1. The van der Waals surface area contributed by atoms with Gasteiger partial charge in [-0.3, -0.25) is 9.69 Å². The van der Waals surface area contributed by atoms with Crippen molar-refractivity contribution in [1.29, 1.82) is 0 Å². The van der Waals surface area contributed by atoms with E-state index in [0.717, 1.165) is 44.8 Å². The van der Waals surface area contributed by atoms with Crippen LogP contribution in [0, 0.1) is 5.92 Å². The summed E-state index contributed by atoms with van der Waals surface area (Å²) in [5, 5.41) is 6.63. The van der Waals surface area contributed by atoms with Gasteiger partial charge in [0.2, 0.25) is 5.91 Å². The molecule has 7 nitrogen and oxygen atoms in total. The number of nitrogens with zero attached hydrogens (tertiary/aromatic N) is 5. The molecule has 36 heavy (non-hydrogen) atoms. The summed E-state index contributed by atoms with van der Waals surface area (Å²) in [5.41, 5.74) is 2.60. The molecule has 1 aliphatic rings. The Morgan fingerprint density at radius 3 is 2.72 bits per heavy atom. The fourth-order valence-corrected chi connectivity index (χ4v) is 4.97. The van der Waals surface area contributed by atoms with Crippen LogP contribution in [0.2, 0.25) is 0 Å². The number of benzene rings is 3. The Hall–Kier alpha value is -3.71. The second-order valence-corrected chi connectivity index (χ2v) is 9.71. The van der Waals surface area contributed by atoms with Crippen molar-refractivity contribution < 1.29 is 9.53 Å². The second kappa shape index (κ2) is 11.4. The standard InChI is InChI=1S/C29H33N5O2/c1-32(18-26-9-4-8-25-7-2-3-10-28(25)26)16-23-11-13-27(14-12-23)36-20-24-6-5-15-33(17-24)29(35)19-34-22-30-21-31-34/h2-4,7-14,21-22,24H,5-6,15-20H2,1H3/t24-/m0/s1. The lowest BCUT2D eigenvalue weighted by Gasteiger charge is -2.32. The molecule has 0 aliphatic carbocycles. The van der Waals surface area contributed by atoms with Gasteiger partial charge in [-0.1, -0.05) is 54.6 Å². The molecular weight excluding hydrogens is 450 g/mol. The Morgan fingerprint density at radius 1 is 1.06 bits per heavy atom. The summed E-state index contributed by atoms with van der Waals surface area (Å²) in [4.78, 5) is 20.8. The number of likely N-dealkylation sites (tertiary alicyclic amines) is 1. The van der Waals surface area contributed by atoms with Gasteiger partial charge >= 0.3 is 0 Å². The lowest BCUT2D eigenvalue weighted by Crippen LogP contribution is -2.43. The van der Waals surface area contributed by atoms with Gasteiger partial charge in [-0.2, -0.15) is 5.10 Å². The predicted octanol–water partition coefficient (Wildman–Crippen LogP) is 4.38. The largest absolute Gasteiger partial charge is 0.493 e. The first kappa shape index (κ1) is 24.0. The molecule has 1 aliphatic heterocycles. The van der Waals surface area contributed by atoms with Gasteiger partial charge < -0.3 is 9.64 Å². The zero-order chi connectivity index (χ0) is 24.7. The van der Waals surface area contributed by atoms with E-state index in [2.05, 4.69) is 88.8 Å². The SMILES string of the molecule is CN(Cc1ccc(OC[C@H]2CCCN(C(=O)Cn3cncn3)C2)cc1)Cc1cccc2ccccc12. The van der Waals surface area contributed by atoms with Gasteiger partial charge in [0.1, 0.15) is 24.9 Å². The van der Waals surface area contributed by atoms with Crippen molar-refractivity contribution >= 4 is 16.7 Å². The summed E-state index contributed by atoms with van der Waals surface area (Å²) in [6.07, 6.45) is 5.10. The van der Waals surface area contributed by atoms with Crippen molar-refractivity contribution in [1.82, 2.24) is 24.6 Å². The zero-order valence-corrected chi connectivity index (χ0v) is 20.8. The van der Waals surface area contributed by atoms with Gasteiger partial charge in [0.25, 0.3) is 0 Å². The quantitative estimate of drug-likeness (QED) is 0.354. The third-order valence-corrected chi connectivity index (χ3v) is 6.82. The van der Waals surface area contributed by atoms with Gasteiger partial charge in [0.15, 0.2) is 0 Å². The Bertz CT molecular complexity index is 1270. The maximum atomic E-state index is 12.6. The minimum Gasteiger partial charge on any atom is -0.493 e. The highest BCUT2D eigenvalue weighted by molar-refractivity contribution is 5.85. The van der Waals surface area contributed by atoms with Crippen LogP contribution >= 0.6 is 0 Å². The molecule has 0 radical (unpaired) electrons. The van der Waals surface area contributed by atoms with Gasteiger partial charge in [0.05, 0.1) is 6.61 Å². The normalized spacial score (nSPS) is 15.9. The maximum absolute atomic E-state index is 12.6. The summed E-state index contributed by atoms with van der Waals surface area (Å²) in [6, 6.07) is 23.5. The number of ether oxygens (including phenoxy) is 1. The molecule has 1 atom stereocenters. The molecule has 1 saturated heterocycles. The van der Waals surface area contributed by atoms with Crippen molar-refractivity contribution in [3.63, 3.8) is 0 Å². The highest BCUT2D eigenvalue weighted by Gasteiger charge is 2.24. The molecule has 0 spiro atoms. The van der Waals surface area contributed by atoms with Crippen LogP contribution in [0.1, 0.15) is 24.0 Å². The Kier molecular flexibility index (Phi) is 7.57. The first-order valence-corrected chi connectivity index (χ1v) is 12.6. The van der Waals surface area contributed by atoms with Crippen LogP contribution in [-0.2, 0) is 24.4 Å². The van der Waals surface area contributed by atoms with E-state index in [0.29, 0.717) is 12.5 Å². The van der Waals surface area contributed by atoms with Crippen LogP contribution in [-0.4, -0.2) is 57.2 Å². The van der Waals surface area contributed by atoms with E-state index < -0.39 is 0 Å². The average Bonchev–Trinajstić information content (AvgIpc) is 3.42. The number of hydrogen-bond acceptors (Lipinski definition) is 5. The minimum absolute atomic E-state index is 0.0853. The van der Waals surface area contributed by atoms with Gasteiger partial charge in [-0.15, -0.1) is 0 Å². The number of rotatable bonds is 9. The number of amides is 1. The molecule has 7 heteroatoms. The van der Waals surface area contributed by atoms with E-state index in [9.17, 15) is 4.79 Å². The van der Waals surface area contributed by atoms with Crippen LogP contribution in [0.5, 0.6) is 5.75 Å². The molecule has 0 saturated carbocycles. The van der Waals surface area contributed by atoms with Crippen molar-refractivity contribution in [2.24, 2.45) is 5.92 Å². The first-order valence-electron chi connectivity index (χ1n) is 12.6. The van der Waals surface area contributed by atoms with Crippen molar-refractivity contribution in [3.8, 4) is 5.75 Å². The molecule has 1 fully saturated rings. The number of hydrogen-bond donors (Lipinski definition) is 0. The Balaban J connectivity index is 1.10. The molecule has 186 valence electrons. The molecule has 0 N–H and O–H groups in total. The zero-order valence-electron chi connectivity index (χ0n) is 20.8. The summed E-state index contributed by atoms with van der Waals surface area (Å²) < 4.78 is 7.68. The van der Waals surface area contributed by atoms with Crippen LogP contribution < -0.4 is 4.74 Å². The molecule has 2 heterocycles. The van der Waals surface area contributed by atoms with Gasteiger partial charge in [0, 0.05) is 32.1 Å². The third kappa shape index (κ3) is 6.10. The third-order valence-electron chi connectivity index (χ3n) is 6.82. The molecule has 0 bridgehead atoms. The molecule has 0 unspecified atom stereocenters. The molecule has 1 aromatic heterocycles. The fraction of sp³-hybridized carbons (Fsp3) is 0.345. The van der Waals surface area contributed by atoms with E-state index in [1.54, 1.807) is 11.0 Å². The second-order valence-electron chi connectivity index (χ2n) is 9.71. The Labute approximate surface area is 212 Å². The van der Waals surface area contributed by atoms with Crippen LogP contribution in [0.4, 0.5) is 0 Å². The van der Waals surface area contributed by atoms with Crippen molar-refractivity contribution in [3.05, 3.63) is 90.5 Å². The lowest BCUT2D eigenvalue weighted by molar-refractivity contribution is -0.134. The summed E-state index contributed by atoms with van der Waals surface area (Å²) in [7, 11) is 2.16. The van der Waals surface area contributed by atoms with E-state index in [1.165, 1.54) is 28.2 Å². The van der Waals surface area contributed by atoms with E-state index in [4.69, 9.17) is 4.74 Å². The highest BCUT2D eigenvalue weighted by Crippen LogP contribution is 2.22. The van der Waals surface area contributed by atoms with Crippen LogP contribution in [0.25, 0.3) is 10.8 Å². The van der Waals surface area contributed by atoms with E-state index in [1.807, 2.05) is 4.90 Å². The molecule has 3 aromatic carbocycles. The van der Waals surface area contributed by atoms with E-state index >= 15 is 0 Å². The monoisotopic (exact) mass is 483 g/mol. The predicted molar refractivity (Wildman–Crippen MR) is 140 cm³/mol. The summed E-state index contributed by atoms with van der Waals surface area (Å²) >= 11 is 0. The fourth-order valence-electron chi connectivity index (χ4n) is 4.97. The minimum atomic E-state index is 0.0853. The summed E-state index contributed by atoms with van der Waals surface area (Å²) in [5.74, 6) is 1.30. The summed E-state index contributed by atoms with van der Waals surface area (Å²) in [6.45, 7) is 4.15.